The Kier molecular flexibility index (Phi) is 17.3. The fourth-order valence-electron chi connectivity index (χ4n) is 9.40. The first-order valence-electron chi connectivity index (χ1n) is 19.1. The van der Waals surface area contributed by atoms with Gasteiger partial charge in [-0.1, -0.05) is 141 Å². The summed E-state index contributed by atoms with van der Waals surface area (Å²) < 4.78 is 3.34. The Hall–Kier alpha value is -2.44. The molecule has 0 radical (unpaired) electrons. The Morgan fingerprint density at radius 3 is 1.74 bits per heavy atom. The second-order valence-electron chi connectivity index (χ2n) is 16.9. The Morgan fingerprint density at radius 1 is 0.759 bits per heavy atom. The standard InChI is InChI=1S/C29H37.2C8H9.C5H5.CH2.2ClH.Zr/c1-18-25-22-17-19-13-9-10-14-20(19)24(22)21-15-11-12-16-23(21)29(25,8)28(6,7)27(4,5)26(18,2)3;2*1-7-4-3-5-8(2)6-7;1-2-4-5-3-1;;;;/h9-11,13-15,23H,12,16-17H2,1-8H3;2*4-6H,1-2H3;1-3H,4H2;1H2;2*1H;/q4*-1;;;;. The number of fused-ring (bicyclic) bond motifs is 6. The van der Waals surface area contributed by atoms with Crippen molar-refractivity contribution in [1.82, 2.24) is 0 Å². The third-order valence-electron chi connectivity index (χ3n) is 13.5. The molecule has 5 aliphatic rings. The van der Waals surface area contributed by atoms with Gasteiger partial charge in [-0.3, -0.25) is 6.08 Å². The third-order valence-corrected chi connectivity index (χ3v) is 13.5. The van der Waals surface area contributed by atoms with E-state index < -0.39 is 0 Å². The Bertz CT molecular complexity index is 1790. The summed E-state index contributed by atoms with van der Waals surface area (Å²) in [5, 5.41) is 0. The van der Waals surface area contributed by atoms with E-state index in [0.29, 0.717) is 5.92 Å². The average molecular weight is 839 g/mol. The molecule has 0 amide bonds. The van der Waals surface area contributed by atoms with Crippen LogP contribution in [0.2, 0.25) is 0 Å². The summed E-state index contributed by atoms with van der Waals surface area (Å²) >= 11 is 1.30. The number of rotatable bonds is 0. The molecule has 0 spiro atoms. The first kappa shape index (κ1) is 47.7. The van der Waals surface area contributed by atoms with Gasteiger partial charge in [-0.15, -0.1) is 38.2 Å². The molecule has 3 aromatic carbocycles. The van der Waals surface area contributed by atoms with Crippen molar-refractivity contribution in [2.45, 2.75) is 109 Å². The molecule has 0 saturated heterocycles. The van der Waals surface area contributed by atoms with Crippen LogP contribution >= 0.6 is 24.8 Å². The van der Waals surface area contributed by atoms with Crippen molar-refractivity contribution in [3.05, 3.63) is 165 Å². The van der Waals surface area contributed by atoms with E-state index in [1.54, 1.807) is 28.2 Å². The maximum atomic E-state index is 3.34. The quantitative estimate of drug-likeness (QED) is 0.198. The summed E-state index contributed by atoms with van der Waals surface area (Å²) in [7, 11) is 0. The van der Waals surface area contributed by atoms with Crippen molar-refractivity contribution in [2.75, 3.05) is 0 Å². The predicted octanol–water partition coefficient (Wildman–Crippen LogP) is 14.3. The van der Waals surface area contributed by atoms with Gasteiger partial charge in [0.15, 0.2) is 0 Å². The summed E-state index contributed by atoms with van der Waals surface area (Å²) in [6.07, 6.45) is 18.5. The van der Waals surface area contributed by atoms with Crippen molar-refractivity contribution >= 4 is 34.6 Å². The number of benzene rings is 3. The molecule has 54 heavy (non-hydrogen) atoms. The molecule has 0 nitrogen and oxygen atoms in total. The van der Waals surface area contributed by atoms with Crippen LogP contribution in [0.3, 0.4) is 0 Å². The Labute approximate surface area is 358 Å². The molecular weight excluding hydrogens is 775 g/mol. The van der Waals surface area contributed by atoms with Crippen molar-refractivity contribution in [3.8, 4) is 0 Å². The molecule has 8 rings (SSSR count). The first-order valence-corrected chi connectivity index (χ1v) is 20.8. The molecule has 0 aliphatic heterocycles. The van der Waals surface area contributed by atoms with Crippen LogP contribution in [0.5, 0.6) is 0 Å². The summed E-state index contributed by atoms with van der Waals surface area (Å²) in [5.41, 5.74) is 15.4. The zero-order valence-electron chi connectivity index (χ0n) is 35.1. The van der Waals surface area contributed by atoms with E-state index in [1.165, 1.54) is 70.5 Å². The number of hydrogen-bond donors (Lipinski definition) is 0. The van der Waals surface area contributed by atoms with Crippen LogP contribution < -0.4 is 0 Å². The number of halogens is 2. The maximum absolute atomic E-state index is 3.34. The van der Waals surface area contributed by atoms with Gasteiger partial charge in [0, 0.05) is 0 Å². The summed E-state index contributed by atoms with van der Waals surface area (Å²) in [5.74, 6) is 2.24. The molecule has 3 heteroatoms. The topological polar surface area (TPSA) is 0 Å². The van der Waals surface area contributed by atoms with Gasteiger partial charge in [0.2, 0.25) is 0 Å². The number of allylic oxidation sites excluding steroid dienone is 10. The fraction of sp³-hybridized carbons (Fsp3) is 0.412. The molecule has 5 aliphatic carbocycles. The summed E-state index contributed by atoms with van der Waals surface area (Å²) in [4.78, 5) is 0. The molecule has 1 saturated carbocycles. The normalized spacial score (nSPS) is 22.3. The van der Waals surface area contributed by atoms with Gasteiger partial charge in [0.25, 0.3) is 0 Å². The molecule has 0 bridgehead atoms. The molecule has 290 valence electrons. The van der Waals surface area contributed by atoms with Crippen molar-refractivity contribution in [2.24, 2.45) is 27.6 Å². The Balaban J connectivity index is 0.000000328. The zero-order valence-corrected chi connectivity index (χ0v) is 39.2. The number of hydrogen-bond acceptors (Lipinski definition) is 0. The predicted molar refractivity (Wildman–Crippen MR) is 237 cm³/mol. The third kappa shape index (κ3) is 9.06. The van der Waals surface area contributed by atoms with Crippen molar-refractivity contribution < 1.29 is 24.2 Å². The van der Waals surface area contributed by atoms with E-state index >= 15 is 0 Å². The monoisotopic (exact) mass is 836 g/mol. The van der Waals surface area contributed by atoms with E-state index in [4.69, 9.17) is 0 Å². The zero-order chi connectivity index (χ0) is 38.5. The second kappa shape index (κ2) is 19.6. The molecule has 0 N–H and O–H groups in total. The van der Waals surface area contributed by atoms with Gasteiger partial charge < -0.3 is 0 Å². The van der Waals surface area contributed by atoms with Crippen LogP contribution in [0.25, 0.3) is 5.57 Å². The van der Waals surface area contributed by atoms with Gasteiger partial charge in [0.1, 0.15) is 0 Å². The second-order valence-corrected chi connectivity index (χ2v) is 16.9. The van der Waals surface area contributed by atoms with Crippen molar-refractivity contribution in [1.29, 1.82) is 0 Å². The minimum atomic E-state index is 0. The van der Waals surface area contributed by atoms with Gasteiger partial charge in [-0.05, 0) is 40.6 Å². The molecule has 3 aromatic rings. The summed E-state index contributed by atoms with van der Waals surface area (Å²) in [6.45, 7) is 28.6. The van der Waals surface area contributed by atoms with Gasteiger partial charge in [-0.25, -0.2) is 18.1 Å². The molecule has 2 unspecified atom stereocenters. The van der Waals surface area contributed by atoms with Crippen molar-refractivity contribution in [3.63, 3.8) is 0 Å². The Morgan fingerprint density at radius 2 is 1.30 bits per heavy atom. The molecular formula is C51H64Cl2Zr-4. The van der Waals surface area contributed by atoms with E-state index in [1.807, 2.05) is 36.4 Å². The first-order chi connectivity index (χ1) is 24.6. The van der Waals surface area contributed by atoms with Crippen LogP contribution in [0.4, 0.5) is 0 Å². The van der Waals surface area contributed by atoms with Gasteiger partial charge >= 0.3 is 28.4 Å². The molecule has 2 atom stereocenters. The fourth-order valence-corrected chi connectivity index (χ4v) is 9.40. The van der Waals surface area contributed by atoms with Gasteiger partial charge in [0.05, 0.1) is 0 Å². The van der Waals surface area contributed by atoms with E-state index in [0.717, 1.165) is 12.8 Å². The SMILES string of the molecule is C[C-]1C2=C3Cc4ccccc4C3=C3C=CCCC3C2(C)C(C)(C)C(C)(C)C1(C)C.Cc1c[c-]cc(C)c1.Cc1c[c-]cc(C)c1.Cl.Cl.[C-]1=CC=CC1.[CH2]=[Zr]. The van der Waals surface area contributed by atoms with E-state index in [2.05, 4.69) is 160 Å². The van der Waals surface area contributed by atoms with Crippen LogP contribution in [-0.2, 0) is 30.7 Å². The molecule has 1 fully saturated rings. The van der Waals surface area contributed by atoms with Crippen LogP contribution in [0.1, 0.15) is 108 Å². The average Bonchev–Trinajstić information content (AvgIpc) is 3.81. The molecule has 0 heterocycles. The van der Waals surface area contributed by atoms with Crippen LogP contribution in [-0.4, -0.2) is 4.21 Å². The molecule has 0 aromatic heterocycles. The van der Waals surface area contributed by atoms with E-state index in [-0.39, 0.29) is 46.5 Å². The van der Waals surface area contributed by atoms with Gasteiger partial charge in [-0.2, -0.15) is 88.0 Å². The van der Waals surface area contributed by atoms with Crippen LogP contribution in [0, 0.1) is 79.4 Å². The minimum absolute atomic E-state index is 0. The van der Waals surface area contributed by atoms with E-state index in [9.17, 15) is 0 Å². The number of aryl methyl sites for hydroxylation is 4. The van der Waals surface area contributed by atoms with Crippen LogP contribution in [0.15, 0.2) is 108 Å². The summed E-state index contributed by atoms with van der Waals surface area (Å²) in [6, 6.07) is 27.4.